The van der Waals surface area contributed by atoms with E-state index in [4.69, 9.17) is 0 Å². The van der Waals surface area contributed by atoms with Gasteiger partial charge < -0.3 is 4.90 Å². The maximum atomic E-state index is 4.57. The van der Waals surface area contributed by atoms with Gasteiger partial charge in [0.05, 0.1) is 11.1 Å². The summed E-state index contributed by atoms with van der Waals surface area (Å²) in [6, 6.07) is 61.5. The van der Waals surface area contributed by atoms with Crippen molar-refractivity contribution in [1.82, 2.24) is 4.98 Å². The van der Waals surface area contributed by atoms with Crippen LogP contribution in [0, 0.1) is 0 Å². The van der Waals surface area contributed by atoms with Gasteiger partial charge in [-0.1, -0.05) is 127 Å². The second-order valence-corrected chi connectivity index (χ2v) is 11.7. The van der Waals surface area contributed by atoms with Crippen molar-refractivity contribution in [2.24, 2.45) is 0 Å². The van der Waals surface area contributed by atoms with Gasteiger partial charge in [0.1, 0.15) is 7.85 Å². The molecule has 0 atom stereocenters. The largest absolute Gasteiger partial charge is 0.310 e. The maximum Gasteiger partial charge on any atom is 0.139 e. The highest BCUT2D eigenvalue weighted by Crippen LogP contribution is 2.57. The molecule has 0 saturated carbocycles. The summed E-state index contributed by atoms with van der Waals surface area (Å²) in [6.45, 7) is 0. The lowest BCUT2D eigenvalue weighted by Gasteiger charge is -2.35. The molecular formula is C42H31BN2. The van der Waals surface area contributed by atoms with Crippen molar-refractivity contribution in [3.8, 4) is 22.4 Å². The van der Waals surface area contributed by atoms with Gasteiger partial charge >= 0.3 is 0 Å². The molecule has 1 aromatic heterocycles. The van der Waals surface area contributed by atoms with E-state index in [2.05, 4.69) is 175 Å². The molecule has 6 aromatic carbocycles. The van der Waals surface area contributed by atoms with Gasteiger partial charge in [-0.2, -0.15) is 0 Å². The number of aromatic nitrogens is 1. The van der Waals surface area contributed by atoms with E-state index in [9.17, 15) is 0 Å². The quantitative estimate of drug-likeness (QED) is 0.185. The molecule has 0 fully saturated rings. The summed E-state index contributed by atoms with van der Waals surface area (Å²) in [6.07, 6.45) is 1.84. The highest BCUT2D eigenvalue weighted by molar-refractivity contribution is 6.32. The molecule has 1 heterocycles. The molecular weight excluding hydrogens is 543 g/mol. The molecule has 8 rings (SSSR count). The summed E-state index contributed by atoms with van der Waals surface area (Å²) in [7, 11) is 2.14. The lowest BCUT2D eigenvalue weighted by atomic mass is 9.67. The molecule has 45 heavy (non-hydrogen) atoms. The number of pyridine rings is 1. The monoisotopic (exact) mass is 574 g/mol. The summed E-state index contributed by atoms with van der Waals surface area (Å²) >= 11 is 0. The molecule has 212 valence electrons. The van der Waals surface area contributed by atoms with Gasteiger partial charge in [-0.15, -0.1) is 0 Å². The Hall–Kier alpha value is -5.67. The van der Waals surface area contributed by atoms with Gasteiger partial charge in [0.15, 0.2) is 0 Å². The third-order valence-corrected chi connectivity index (χ3v) is 9.08. The highest BCUT2D eigenvalue weighted by Gasteiger charge is 2.46. The Labute approximate surface area is 265 Å². The molecule has 0 unspecified atom stereocenters. The van der Waals surface area contributed by atoms with Gasteiger partial charge in [0.2, 0.25) is 0 Å². The van der Waals surface area contributed by atoms with Crippen LogP contribution in [0.15, 0.2) is 176 Å². The first-order valence-electron chi connectivity index (χ1n) is 15.5. The molecule has 0 spiro atoms. The van der Waals surface area contributed by atoms with Crippen molar-refractivity contribution >= 4 is 30.4 Å². The minimum atomic E-state index is -0.452. The zero-order chi connectivity index (χ0) is 30.2. The molecule has 0 radical (unpaired) electrons. The molecule has 3 heteroatoms. The number of hydrogen-bond donors (Lipinski definition) is 0. The molecule has 0 saturated heterocycles. The van der Waals surface area contributed by atoms with E-state index in [1.54, 1.807) is 0 Å². The number of hydrogen-bond acceptors (Lipinski definition) is 2. The third-order valence-electron chi connectivity index (χ3n) is 9.08. The molecule has 1 aliphatic rings. The molecule has 0 aliphatic heterocycles. The predicted octanol–water partition coefficient (Wildman–Crippen LogP) is 8.84. The van der Waals surface area contributed by atoms with Crippen LogP contribution < -0.4 is 10.4 Å². The van der Waals surface area contributed by atoms with Crippen LogP contribution in [0.25, 0.3) is 22.4 Å². The van der Waals surface area contributed by atoms with E-state index >= 15 is 0 Å². The zero-order valence-corrected chi connectivity index (χ0v) is 25.1. The van der Waals surface area contributed by atoms with Crippen molar-refractivity contribution < 1.29 is 0 Å². The van der Waals surface area contributed by atoms with Crippen LogP contribution in [0.2, 0.25) is 0 Å². The fourth-order valence-corrected chi connectivity index (χ4v) is 7.03. The van der Waals surface area contributed by atoms with Crippen LogP contribution in [0.1, 0.15) is 22.3 Å². The Morgan fingerprint density at radius 2 is 1.02 bits per heavy atom. The minimum absolute atomic E-state index is 0.452. The first-order chi connectivity index (χ1) is 22.2. The summed E-state index contributed by atoms with van der Waals surface area (Å²) in [4.78, 5) is 6.94. The van der Waals surface area contributed by atoms with Gasteiger partial charge in [-0.3, -0.25) is 4.98 Å². The topological polar surface area (TPSA) is 16.1 Å². The highest BCUT2D eigenvalue weighted by atomic mass is 15.1. The summed E-state index contributed by atoms with van der Waals surface area (Å²) in [5, 5.41) is 0. The van der Waals surface area contributed by atoms with Crippen molar-refractivity contribution in [1.29, 1.82) is 0 Å². The van der Waals surface area contributed by atoms with E-state index in [1.807, 2.05) is 18.3 Å². The third kappa shape index (κ3) is 4.48. The van der Waals surface area contributed by atoms with Crippen molar-refractivity contribution in [3.05, 3.63) is 198 Å². The number of benzene rings is 6. The van der Waals surface area contributed by atoms with E-state index in [1.165, 1.54) is 38.8 Å². The Bertz CT molecular complexity index is 2050. The van der Waals surface area contributed by atoms with E-state index in [-0.39, 0.29) is 0 Å². The Morgan fingerprint density at radius 1 is 0.467 bits per heavy atom. The second kappa shape index (κ2) is 11.1. The first kappa shape index (κ1) is 26.9. The maximum absolute atomic E-state index is 4.57. The number of fused-ring (bicyclic) bond motifs is 3. The SMILES string of the molecule is Bc1ccc(N(c2ccc(-c3ccccn3)cc2)c2ccc3c(c2)C(c2ccccc2)(c2ccccc2)c2ccccc2-3)cc1. The second-order valence-electron chi connectivity index (χ2n) is 11.7. The van der Waals surface area contributed by atoms with Gasteiger partial charge in [-0.05, 0) is 81.9 Å². The lowest BCUT2D eigenvalue weighted by molar-refractivity contribution is 0.768. The van der Waals surface area contributed by atoms with Gasteiger partial charge in [0.25, 0.3) is 0 Å². The van der Waals surface area contributed by atoms with Crippen molar-refractivity contribution in [2.45, 2.75) is 5.41 Å². The standard InChI is InChI=1S/C42H31BN2/c43-33-20-24-35(25-21-33)45(34-22-18-30(19-23-34)41-17-9-10-28-44-41)36-26-27-38-37-15-7-8-16-39(37)42(40(38)29-36,31-11-3-1-4-12-31)32-13-5-2-6-14-32/h1-29H,43H2. The molecule has 1 aliphatic carbocycles. The van der Waals surface area contributed by atoms with Crippen LogP contribution in [-0.2, 0) is 5.41 Å². The van der Waals surface area contributed by atoms with Crippen molar-refractivity contribution in [2.75, 3.05) is 4.90 Å². The average molecular weight is 575 g/mol. The predicted molar refractivity (Wildman–Crippen MR) is 190 cm³/mol. The van der Waals surface area contributed by atoms with Crippen molar-refractivity contribution in [3.63, 3.8) is 0 Å². The van der Waals surface area contributed by atoms with Crippen LogP contribution in [0.5, 0.6) is 0 Å². The first-order valence-corrected chi connectivity index (χ1v) is 15.5. The van der Waals surface area contributed by atoms with Crippen LogP contribution in [-0.4, -0.2) is 12.8 Å². The van der Waals surface area contributed by atoms with Crippen LogP contribution in [0.3, 0.4) is 0 Å². The van der Waals surface area contributed by atoms with Gasteiger partial charge in [-0.25, -0.2) is 0 Å². The smallest absolute Gasteiger partial charge is 0.139 e. The normalized spacial score (nSPS) is 12.7. The molecule has 2 nitrogen and oxygen atoms in total. The summed E-state index contributed by atoms with van der Waals surface area (Å²) in [5.74, 6) is 0. The average Bonchev–Trinajstić information content (AvgIpc) is 3.41. The summed E-state index contributed by atoms with van der Waals surface area (Å²) in [5.41, 5.74) is 13.9. The van der Waals surface area contributed by atoms with E-state index < -0.39 is 5.41 Å². The minimum Gasteiger partial charge on any atom is -0.310 e. The van der Waals surface area contributed by atoms with E-state index in [0.29, 0.717) is 0 Å². The Balaban J connectivity index is 1.36. The van der Waals surface area contributed by atoms with Crippen LogP contribution in [0.4, 0.5) is 17.1 Å². The van der Waals surface area contributed by atoms with Gasteiger partial charge in [0, 0.05) is 28.8 Å². The number of nitrogens with zero attached hydrogens (tertiary/aromatic N) is 2. The molecule has 0 bridgehead atoms. The molecule has 7 aromatic rings. The fraction of sp³-hybridized carbons (Fsp3) is 0.0238. The lowest BCUT2D eigenvalue weighted by Crippen LogP contribution is -2.28. The zero-order valence-electron chi connectivity index (χ0n) is 25.1. The summed E-state index contributed by atoms with van der Waals surface area (Å²) < 4.78 is 0. The Kier molecular flexibility index (Phi) is 6.65. The van der Waals surface area contributed by atoms with Crippen LogP contribution >= 0.6 is 0 Å². The molecule has 0 N–H and O–H groups in total. The number of anilines is 3. The molecule has 0 amide bonds. The Morgan fingerprint density at radius 3 is 1.67 bits per heavy atom. The van der Waals surface area contributed by atoms with E-state index in [0.717, 1.165) is 28.3 Å². The number of rotatable bonds is 6. The fourth-order valence-electron chi connectivity index (χ4n) is 7.03.